The van der Waals surface area contributed by atoms with Crippen molar-refractivity contribution < 1.29 is 17.7 Å². The summed E-state index contributed by atoms with van der Waals surface area (Å²) in [5, 5.41) is 7.67. The van der Waals surface area contributed by atoms with Gasteiger partial charge in [-0.05, 0) is 89.8 Å². The molecule has 2 fully saturated rings. The molecule has 0 amide bonds. The monoisotopic (exact) mass is 837 g/mol. The Balaban J connectivity index is 1.16. The fourth-order valence-electron chi connectivity index (χ4n) is 7.77. The summed E-state index contributed by atoms with van der Waals surface area (Å²) < 4.78 is 43.5. The molecule has 290 valence electrons. The van der Waals surface area contributed by atoms with Crippen molar-refractivity contribution in [2.45, 2.75) is 39.2 Å². The molecule has 0 aliphatic carbocycles. The SMILES string of the molecule is CCc1cc(Nc2ncc(Br)c(Nc3ccc(-c4ccccc4)c(C)c3P(C)(C)=O)n2)c(OC)cc1N1CCC(N2CCN(CCS(C)(=O)=O)CC2)CC1. The van der Waals surface area contributed by atoms with Crippen LogP contribution >= 0.6 is 23.1 Å². The predicted octanol–water partition coefficient (Wildman–Crippen LogP) is 7.15. The van der Waals surface area contributed by atoms with E-state index in [9.17, 15) is 13.0 Å². The first-order valence-corrected chi connectivity index (χ1v) is 24.1. The first-order valence-electron chi connectivity index (χ1n) is 18.6. The lowest BCUT2D eigenvalue weighted by atomic mass is 9.99. The third-order valence-electron chi connectivity index (χ3n) is 10.6. The molecule has 4 aromatic rings. The van der Waals surface area contributed by atoms with Gasteiger partial charge in [0.15, 0.2) is 0 Å². The van der Waals surface area contributed by atoms with E-state index >= 15 is 0 Å². The summed E-state index contributed by atoms with van der Waals surface area (Å²) in [6.45, 7) is 14.2. The number of methoxy groups -OCH3 is 1. The molecule has 0 spiro atoms. The minimum atomic E-state index is -2.94. The van der Waals surface area contributed by atoms with Crippen molar-refractivity contribution >= 4 is 67.0 Å². The largest absolute Gasteiger partial charge is 0.494 e. The number of sulfone groups is 1. The minimum Gasteiger partial charge on any atom is -0.494 e. The van der Waals surface area contributed by atoms with E-state index in [-0.39, 0.29) is 5.75 Å². The Morgan fingerprint density at radius 1 is 0.963 bits per heavy atom. The van der Waals surface area contributed by atoms with Gasteiger partial charge in [0.2, 0.25) is 5.95 Å². The van der Waals surface area contributed by atoms with E-state index < -0.39 is 17.0 Å². The van der Waals surface area contributed by atoms with Crippen LogP contribution in [0.4, 0.5) is 28.8 Å². The number of nitrogens with zero attached hydrogens (tertiary/aromatic N) is 5. The highest BCUT2D eigenvalue weighted by Gasteiger charge is 2.29. The van der Waals surface area contributed by atoms with Crippen LogP contribution in [-0.4, -0.2) is 112 Å². The second-order valence-electron chi connectivity index (χ2n) is 14.8. The number of ether oxygens (including phenoxy) is 1. The number of benzene rings is 3. The topological polar surface area (TPSA) is 120 Å². The van der Waals surface area contributed by atoms with E-state index in [1.54, 1.807) is 26.6 Å². The van der Waals surface area contributed by atoms with Crippen LogP contribution in [0.25, 0.3) is 11.1 Å². The molecule has 2 saturated heterocycles. The lowest BCUT2D eigenvalue weighted by Crippen LogP contribution is -2.53. The molecular formula is C40H53BrN7O4PS. The molecule has 0 atom stereocenters. The Kier molecular flexibility index (Phi) is 12.7. The number of aromatic nitrogens is 2. The number of hydrogen-bond donors (Lipinski definition) is 2. The van der Waals surface area contributed by atoms with E-state index in [0.717, 1.165) is 91.9 Å². The maximum atomic E-state index is 13.7. The smallest absolute Gasteiger partial charge is 0.229 e. The number of anilines is 5. The molecule has 6 rings (SSSR count). The van der Waals surface area contributed by atoms with Crippen LogP contribution in [0.3, 0.4) is 0 Å². The second kappa shape index (κ2) is 17.1. The third-order valence-corrected chi connectivity index (χ3v) is 13.7. The Labute approximate surface area is 329 Å². The molecule has 2 aliphatic rings. The number of piperazine rings is 1. The third kappa shape index (κ3) is 9.66. The van der Waals surface area contributed by atoms with E-state index in [1.165, 1.54) is 17.5 Å². The molecule has 0 bridgehead atoms. The zero-order valence-electron chi connectivity index (χ0n) is 32.2. The number of rotatable bonds is 13. The Morgan fingerprint density at radius 3 is 2.30 bits per heavy atom. The summed E-state index contributed by atoms with van der Waals surface area (Å²) >= 11 is 3.63. The molecule has 3 aromatic carbocycles. The number of nitrogens with one attached hydrogen (secondary N) is 2. The first kappa shape index (κ1) is 40.2. The van der Waals surface area contributed by atoms with Crippen LogP contribution in [-0.2, 0) is 20.8 Å². The maximum Gasteiger partial charge on any atom is 0.229 e. The zero-order valence-corrected chi connectivity index (χ0v) is 35.5. The second-order valence-corrected chi connectivity index (χ2v) is 21.0. The van der Waals surface area contributed by atoms with Crippen LogP contribution in [0.1, 0.15) is 30.9 Å². The number of aryl methyl sites for hydroxylation is 1. The van der Waals surface area contributed by atoms with Crippen molar-refractivity contribution in [3.8, 4) is 16.9 Å². The molecule has 54 heavy (non-hydrogen) atoms. The lowest BCUT2D eigenvalue weighted by molar-refractivity contribution is 0.0882. The molecule has 1 aromatic heterocycles. The van der Waals surface area contributed by atoms with Crippen LogP contribution < -0.4 is 25.6 Å². The Bertz CT molecular complexity index is 2100. The van der Waals surface area contributed by atoms with Crippen LogP contribution in [0.2, 0.25) is 0 Å². The fourth-order valence-corrected chi connectivity index (χ4v) is 10.3. The van der Waals surface area contributed by atoms with Gasteiger partial charge in [0.25, 0.3) is 0 Å². The highest BCUT2D eigenvalue weighted by Crippen LogP contribution is 2.43. The van der Waals surface area contributed by atoms with Gasteiger partial charge in [-0.2, -0.15) is 4.98 Å². The normalized spacial score (nSPS) is 16.4. The van der Waals surface area contributed by atoms with Gasteiger partial charge in [0.05, 0.1) is 28.7 Å². The summed E-state index contributed by atoms with van der Waals surface area (Å²) in [6, 6.07) is 19.0. The highest BCUT2D eigenvalue weighted by molar-refractivity contribution is 9.10. The highest BCUT2D eigenvalue weighted by atomic mass is 79.9. The summed E-state index contributed by atoms with van der Waals surface area (Å²) in [4.78, 5) is 16.8. The average molecular weight is 839 g/mol. The standard InChI is InChI=1S/C40H53BrN7O4PS/c1-7-29-25-35(37(52-3)26-36(29)48-17-15-31(16-18-48)47-21-19-46(20-22-47)23-24-54(6,50)51)44-40-42-27-33(41)39(45-40)43-34-14-13-32(30-11-9-8-10-12-30)28(2)38(34)53(4,5)49/h8-14,25-27,31H,7,15-24H2,1-6H3,(H2,42,43,44,45). The van der Waals surface area contributed by atoms with Crippen molar-refractivity contribution in [3.05, 3.63) is 76.4 Å². The number of halogens is 1. The number of hydrogen-bond acceptors (Lipinski definition) is 11. The van der Waals surface area contributed by atoms with Gasteiger partial charge in [-0.1, -0.05) is 43.3 Å². The summed E-state index contributed by atoms with van der Waals surface area (Å²) in [7, 11) is -3.95. The van der Waals surface area contributed by atoms with E-state index in [1.807, 2.05) is 31.2 Å². The van der Waals surface area contributed by atoms with Gasteiger partial charge in [-0.15, -0.1) is 0 Å². The van der Waals surface area contributed by atoms with Gasteiger partial charge < -0.3 is 24.8 Å². The molecule has 0 saturated carbocycles. The first-order chi connectivity index (χ1) is 25.7. The van der Waals surface area contributed by atoms with Crippen molar-refractivity contribution in [1.29, 1.82) is 0 Å². The van der Waals surface area contributed by atoms with Gasteiger partial charge in [-0.3, -0.25) is 9.80 Å². The van der Waals surface area contributed by atoms with Crippen molar-refractivity contribution in [1.82, 2.24) is 19.8 Å². The molecule has 0 radical (unpaired) electrons. The molecule has 2 aliphatic heterocycles. The van der Waals surface area contributed by atoms with Gasteiger partial charge >= 0.3 is 0 Å². The van der Waals surface area contributed by atoms with Crippen LogP contribution in [0.15, 0.2) is 65.3 Å². The predicted molar refractivity (Wildman–Crippen MR) is 227 cm³/mol. The van der Waals surface area contributed by atoms with E-state index in [4.69, 9.17) is 9.72 Å². The summed E-state index contributed by atoms with van der Waals surface area (Å²) in [5.74, 6) is 1.90. The molecular weight excluding hydrogens is 785 g/mol. The lowest BCUT2D eigenvalue weighted by Gasteiger charge is -2.43. The van der Waals surface area contributed by atoms with E-state index in [2.05, 4.69) is 83.5 Å². The van der Waals surface area contributed by atoms with Gasteiger partial charge in [-0.25, -0.2) is 13.4 Å². The van der Waals surface area contributed by atoms with Crippen molar-refractivity contribution in [3.63, 3.8) is 0 Å². The molecule has 11 nitrogen and oxygen atoms in total. The molecule has 3 heterocycles. The van der Waals surface area contributed by atoms with Gasteiger partial charge in [0.1, 0.15) is 28.5 Å². The van der Waals surface area contributed by atoms with Gasteiger partial charge in [0, 0.05) is 81.4 Å². The van der Waals surface area contributed by atoms with Crippen LogP contribution in [0, 0.1) is 6.92 Å². The van der Waals surface area contributed by atoms with Crippen LogP contribution in [0.5, 0.6) is 5.75 Å². The Morgan fingerprint density at radius 2 is 1.67 bits per heavy atom. The summed E-state index contributed by atoms with van der Waals surface area (Å²) in [5.41, 5.74) is 7.04. The fraction of sp³-hybridized carbons (Fsp3) is 0.450. The molecule has 2 N–H and O–H groups in total. The number of piperidine rings is 1. The van der Waals surface area contributed by atoms with Crippen molar-refractivity contribution in [2.24, 2.45) is 0 Å². The van der Waals surface area contributed by atoms with Crippen molar-refractivity contribution in [2.75, 3.05) is 93.8 Å². The quantitative estimate of drug-likeness (QED) is 0.134. The Hall–Kier alpha value is -3.48. The zero-order chi connectivity index (χ0) is 38.6. The maximum absolute atomic E-state index is 13.7. The molecule has 14 heteroatoms. The molecule has 0 unspecified atom stereocenters. The average Bonchev–Trinajstić information content (AvgIpc) is 3.15. The summed E-state index contributed by atoms with van der Waals surface area (Å²) in [6.07, 6.45) is 6.04. The minimum absolute atomic E-state index is 0.228. The van der Waals surface area contributed by atoms with E-state index in [0.29, 0.717) is 34.6 Å².